The van der Waals surface area contributed by atoms with Crippen LogP contribution in [-0.4, -0.2) is 35.5 Å². The van der Waals surface area contributed by atoms with Crippen LogP contribution >= 0.6 is 22.9 Å². The van der Waals surface area contributed by atoms with Crippen LogP contribution in [0.25, 0.3) is 10.2 Å². The Labute approximate surface area is 217 Å². The number of allylic oxidation sites excluding steroid dienone is 1. The number of urea groups is 1. The monoisotopic (exact) mass is 524 g/mol. The molecule has 4 atom stereocenters. The van der Waals surface area contributed by atoms with E-state index in [-0.39, 0.29) is 35.7 Å². The molecule has 0 aliphatic heterocycles. The Hall–Kier alpha value is -3.43. The second kappa shape index (κ2) is 9.91. The van der Waals surface area contributed by atoms with E-state index in [1.807, 2.05) is 25.1 Å². The minimum atomic E-state index is -0.429. The predicted octanol–water partition coefficient (Wildman–Crippen LogP) is 5.39. The first kappa shape index (κ1) is 24.3. The van der Waals surface area contributed by atoms with Crippen LogP contribution < -0.4 is 16.0 Å². The summed E-state index contributed by atoms with van der Waals surface area (Å²) in [5.41, 5.74) is 2.55. The molecule has 3 amide bonds. The molecular weight excluding hydrogens is 500 g/mol. The highest BCUT2D eigenvalue weighted by atomic mass is 35.5. The van der Waals surface area contributed by atoms with Gasteiger partial charge in [-0.3, -0.25) is 14.9 Å². The summed E-state index contributed by atoms with van der Waals surface area (Å²) in [6, 6.07) is 9.82. The van der Waals surface area contributed by atoms with Gasteiger partial charge in [-0.2, -0.15) is 0 Å². The first-order valence-corrected chi connectivity index (χ1v) is 12.9. The fourth-order valence-electron chi connectivity index (χ4n) is 4.96. The Kier molecular flexibility index (Phi) is 6.68. The van der Waals surface area contributed by atoms with Gasteiger partial charge < -0.3 is 15.4 Å². The standard InChI is InChI=1S/C26H25ClN4O4S/c1-3-35-24(33)20-14-7-8-15(11-14)22(20)30-25(34)31-26-28-18-10-9-16(12-19(18)36-26)23(32)29-21-13(2)5-4-6-17(21)27/h4-10,12,14-15,20,22H,3,11H2,1-2H3,(H,29,32)(H2,28,30,31,34)/t14-,15?,20?,22?/m0/s1. The second-order valence-corrected chi connectivity index (χ2v) is 10.4. The van der Waals surface area contributed by atoms with Gasteiger partial charge in [-0.05, 0) is 61.9 Å². The number of hydrogen-bond donors (Lipinski definition) is 3. The minimum Gasteiger partial charge on any atom is -0.466 e. The number of anilines is 2. The third kappa shape index (κ3) is 4.68. The molecule has 2 aliphatic rings. The molecule has 10 heteroatoms. The number of nitrogens with one attached hydrogen (secondary N) is 3. The second-order valence-electron chi connectivity index (χ2n) is 8.94. The van der Waals surface area contributed by atoms with Crippen LogP contribution in [0.2, 0.25) is 5.02 Å². The van der Waals surface area contributed by atoms with Gasteiger partial charge in [-0.1, -0.05) is 47.2 Å². The zero-order chi connectivity index (χ0) is 25.4. The van der Waals surface area contributed by atoms with Crippen molar-refractivity contribution in [1.82, 2.24) is 10.3 Å². The molecule has 8 nitrogen and oxygen atoms in total. The molecule has 36 heavy (non-hydrogen) atoms. The summed E-state index contributed by atoms with van der Waals surface area (Å²) < 4.78 is 5.99. The number of amides is 3. The summed E-state index contributed by atoms with van der Waals surface area (Å²) in [5, 5.41) is 9.45. The normalized spacial score (nSPS) is 22.0. The molecule has 2 aromatic carbocycles. The van der Waals surface area contributed by atoms with Crippen molar-refractivity contribution in [2.24, 2.45) is 17.8 Å². The number of carbonyl (C=O) groups is 3. The predicted molar refractivity (Wildman–Crippen MR) is 141 cm³/mol. The number of aryl methyl sites for hydroxylation is 1. The molecule has 3 N–H and O–H groups in total. The lowest BCUT2D eigenvalue weighted by Crippen LogP contribution is -2.47. The molecule has 0 radical (unpaired) electrons. The zero-order valence-corrected chi connectivity index (χ0v) is 21.3. The number of fused-ring (bicyclic) bond motifs is 3. The highest BCUT2D eigenvalue weighted by Gasteiger charge is 2.49. The summed E-state index contributed by atoms with van der Waals surface area (Å²) >= 11 is 7.50. The molecule has 1 saturated carbocycles. The van der Waals surface area contributed by atoms with Gasteiger partial charge in [0.25, 0.3) is 5.91 Å². The van der Waals surface area contributed by atoms with Crippen molar-refractivity contribution < 1.29 is 19.1 Å². The SMILES string of the molecule is CCOC(=O)C1C(NC(=O)Nc2nc3ccc(C(=O)Nc4c(C)cccc4Cl)cc3s2)C2C=C[C@H]1C2. The number of carbonyl (C=O) groups excluding carboxylic acids is 3. The van der Waals surface area contributed by atoms with Gasteiger partial charge in [-0.15, -0.1) is 0 Å². The van der Waals surface area contributed by atoms with Gasteiger partial charge in [0, 0.05) is 5.56 Å². The number of ether oxygens (including phenoxy) is 1. The number of benzene rings is 2. The average molecular weight is 525 g/mol. The fourth-order valence-corrected chi connectivity index (χ4v) is 6.13. The van der Waals surface area contributed by atoms with Crippen molar-refractivity contribution >= 4 is 61.9 Å². The van der Waals surface area contributed by atoms with E-state index in [2.05, 4.69) is 27.0 Å². The van der Waals surface area contributed by atoms with Gasteiger partial charge in [0.1, 0.15) is 0 Å². The Morgan fingerprint density at radius 2 is 1.94 bits per heavy atom. The maximum absolute atomic E-state index is 12.8. The van der Waals surface area contributed by atoms with Gasteiger partial charge >= 0.3 is 12.0 Å². The van der Waals surface area contributed by atoms with E-state index in [0.717, 1.165) is 16.7 Å². The molecule has 1 fully saturated rings. The summed E-state index contributed by atoms with van der Waals surface area (Å²) in [6.45, 7) is 3.95. The van der Waals surface area contributed by atoms with Gasteiger partial charge in [0.2, 0.25) is 0 Å². The average Bonchev–Trinajstić information content (AvgIpc) is 3.55. The Balaban J connectivity index is 1.27. The van der Waals surface area contributed by atoms with E-state index in [4.69, 9.17) is 16.3 Å². The summed E-state index contributed by atoms with van der Waals surface area (Å²) in [6.07, 6.45) is 4.92. The molecule has 1 heterocycles. The van der Waals surface area contributed by atoms with E-state index in [0.29, 0.717) is 33.5 Å². The number of aromatic nitrogens is 1. The van der Waals surface area contributed by atoms with Gasteiger partial charge in [0.15, 0.2) is 5.13 Å². The van der Waals surface area contributed by atoms with Crippen LogP contribution in [0.15, 0.2) is 48.6 Å². The lowest BCUT2D eigenvalue weighted by atomic mass is 9.89. The van der Waals surface area contributed by atoms with Crippen molar-refractivity contribution in [3.05, 3.63) is 64.7 Å². The van der Waals surface area contributed by atoms with Crippen LogP contribution in [0.1, 0.15) is 29.3 Å². The first-order chi connectivity index (χ1) is 17.3. The van der Waals surface area contributed by atoms with Gasteiger partial charge in [0.05, 0.1) is 39.5 Å². The van der Waals surface area contributed by atoms with Crippen LogP contribution in [0.5, 0.6) is 0 Å². The van der Waals surface area contributed by atoms with Gasteiger partial charge in [-0.25, -0.2) is 9.78 Å². The number of nitrogens with zero attached hydrogens (tertiary/aromatic N) is 1. The third-order valence-electron chi connectivity index (χ3n) is 6.65. The van der Waals surface area contributed by atoms with Crippen molar-refractivity contribution in [1.29, 1.82) is 0 Å². The van der Waals surface area contributed by atoms with Crippen molar-refractivity contribution in [2.75, 3.05) is 17.2 Å². The van der Waals surface area contributed by atoms with Crippen molar-refractivity contribution in [2.45, 2.75) is 26.3 Å². The number of halogens is 1. The Morgan fingerprint density at radius 3 is 2.72 bits per heavy atom. The highest BCUT2D eigenvalue weighted by Crippen LogP contribution is 2.44. The highest BCUT2D eigenvalue weighted by molar-refractivity contribution is 7.22. The number of thiazole rings is 1. The third-order valence-corrected chi connectivity index (χ3v) is 7.90. The molecule has 1 aromatic heterocycles. The molecule has 0 spiro atoms. The van der Waals surface area contributed by atoms with E-state index in [9.17, 15) is 14.4 Å². The fraction of sp³-hybridized carbons (Fsp3) is 0.308. The molecule has 3 aromatic rings. The van der Waals surface area contributed by atoms with E-state index < -0.39 is 6.03 Å². The largest absolute Gasteiger partial charge is 0.466 e. The number of para-hydroxylation sites is 1. The number of rotatable bonds is 6. The van der Waals surface area contributed by atoms with E-state index in [1.165, 1.54) is 11.3 Å². The molecule has 2 aliphatic carbocycles. The molecule has 3 unspecified atom stereocenters. The lowest BCUT2D eigenvalue weighted by molar-refractivity contribution is -0.149. The lowest BCUT2D eigenvalue weighted by Gasteiger charge is -2.27. The van der Waals surface area contributed by atoms with Crippen LogP contribution in [0.3, 0.4) is 0 Å². The topological polar surface area (TPSA) is 109 Å². The Bertz CT molecular complexity index is 1370. The molecule has 0 saturated heterocycles. The molecule has 5 rings (SSSR count). The summed E-state index contributed by atoms with van der Waals surface area (Å²) in [7, 11) is 0. The smallest absolute Gasteiger partial charge is 0.321 e. The van der Waals surface area contributed by atoms with E-state index >= 15 is 0 Å². The zero-order valence-electron chi connectivity index (χ0n) is 19.7. The quantitative estimate of drug-likeness (QED) is 0.296. The van der Waals surface area contributed by atoms with Crippen LogP contribution in [-0.2, 0) is 9.53 Å². The van der Waals surface area contributed by atoms with Crippen LogP contribution in [0.4, 0.5) is 15.6 Å². The molecule has 2 bridgehead atoms. The number of hydrogen-bond acceptors (Lipinski definition) is 6. The maximum Gasteiger partial charge on any atom is 0.321 e. The summed E-state index contributed by atoms with van der Waals surface area (Å²) in [4.78, 5) is 42.5. The van der Waals surface area contributed by atoms with Crippen LogP contribution in [0, 0.1) is 24.7 Å². The summed E-state index contributed by atoms with van der Waals surface area (Å²) in [5.74, 6) is -0.765. The number of esters is 1. The first-order valence-electron chi connectivity index (χ1n) is 11.7. The van der Waals surface area contributed by atoms with Crippen molar-refractivity contribution in [3.8, 4) is 0 Å². The molecular formula is C26H25ClN4O4S. The van der Waals surface area contributed by atoms with Crippen molar-refractivity contribution in [3.63, 3.8) is 0 Å². The molecule has 186 valence electrons. The van der Waals surface area contributed by atoms with E-state index in [1.54, 1.807) is 31.2 Å². The Morgan fingerprint density at radius 1 is 1.14 bits per heavy atom. The minimum absolute atomic E-state index is 0.0842. The maximum atomic E-state index is 12.8.